The van der Waals surface area contributed by atoms with Crippen LogP contribution in [0.15, 0.2) is 12.2 Å². The van der Waals surface area contributed by atoms with Crippen molar-refractivity contribution in [2.24, 2.45) is 5.92 Å². The Morgan fingerprint density at radius 3 is 2.89 bits per heavy atom. The van der Waals surface area contributed by atoms with Crippen LogP contribution < -0.4 is 0 Å². The Labute approximate surface area is 112 Å². The molecule has 1 aliphatic rings. The summed E-state index contributed by atoms with van der Waals surface area (Å²) in [5.41, 5.74) is 0. The summed E-state index contributed by atoms with van der Waals surface area (Å²) >= 11 is 1.55. The van der Waals surface area contributed by atoms with Crippen LogP contribution in [-0.4, -0.2) is 41.1 Å². The van der Waals surface area contributed by atoms with E-state index in [4.69, 9.17) is 4.74 Å². The molecule has 0 fully saturated rings. The van der Waals surface area contributed by atoms with Gasteiger partial charge in [-0.2, -0.15) is 11.8 Å². The second kappa shape index (κ2) is 8.32. The fourth-order valence-corrected chi connectivity index (χ4v) is 2.66. The van der Waals surface area contributed by atoms with Gasteiger partial charge in [-0.15, -0.1) is 0 Å². The van der Waals surface area contributed by atoms with Crippen molar-refractivity contribution in [2.75, 3.05) is 18.1 Å². The largest absolute Gasteiger partial charge is 0.465 e. The molecular formula is C13H20O4S. The van der Waals surface area contributed by atoms with Crippen LogP contribution in [0.3, 0.4) is 0 Å². The van der Waals surface area contributed by atoms with Gasteiger partial charge in [0.05, 0.1) is 24.4 Å². The van der Waals surface area contributed by atoms with Gasteiger partial charge in [-0.1, -0.05) is 12.5 Å². The lowest BCUT2D eigenvalue weighted by Gasteiger charge is -2.12. The van der Waals surface area contributed by atoms with Crippen LogP contribution in [0.25, 0.3) is 0 Å². The molecule has 5 heteroatoms. The molecule has 0 saturated heterocycles. The zero-order valence-corrected chi connectivity index (χ0v) is 11.4. The topological polar surface area (TPSA) is 63.6 Å². The maximum absolute atomic E-state index is 11.4. The molecule has 18 heavy (non-hydrogen) atoms. The lowest BCUT2D eigenvalue weighted by atomic mass is 9.97. The molecule has 0 radical (unpaired) electrons. The van der Waals surface area contributed by atoms with Crippen LogP contribution in [0.5, 0.6) is 0 Å². The summed E-state index contributed by atoms with van der Waals surface area (Å²) in [6.45, 7) is 2.22. The van der Waals surface area contributed by atoms with Crippen molar-refractivity contribution in [3.63, 3.8) is 0 Å². The monoisotopic (exact) mass is 272 g/mol. The number of carbonyl (C=O) groups excluding carboxylic acids is 2. The number of hydrogen-bond donors (Lipinski definition) is 1. The van der Waals surface area contributed by atoms with Crippen molar-refractivity contribution >= 4 is 23.5 Å². The van der Waals surface area contributed by atoms with E-state index in [1.165, 1.54) is 6.08 Å². The molecule has 0 aromatic rings. The first kappa shape index (κ1) is 15.2. The number of allylic oxidation sites excluding steroid dienone is 1. The predicted molar refractivity (Wildman–Crippen MR) is 71.5 cm³/mol. The Kier molecular flexibility index (Phi) is 7.05. The van der Waals surface area contributed by atoms with E-state index in [2.05, 4.69) is 0 Å². The number of aliphatic hydroxyl groups is 1. The molecule has 1 N–H and O–H groups in total. The van der Waals surface area contributed by atoms with Gasteiger partial charge in [-0.05, 0) is 31.6 Å². The van der Waals surface area contributed by atoms with Crippen molar-refractivity contribution in [1.29, 1.82) is 0 Å². The van der Waals surface area contributed by atoms with Crippen molar-refractivity contribution in [1.82, 2.24) is 0 Å². The third-order valence-corrected chi connectivity index (χ3v) is 3.83. The number of ketones is 1. The molecule has 0 aliphatic heterocycles. The van der Waals surface area contributed by atoms with Crippen molar-refractivity contribution in [2.45, 2.75) is 32.3 Å². The molecule has 102 valence electrons. The number of esters is 1. The molecule has 0 bridgehead atoms. The zero-order chi connectivity index (χ0) is 13.4. The number of hydrogen-bond acceptors (Lipinski definition) is 5. The van der Waals surface area contributed by atoms with E-state index in [9.17, 15) is 14.7 Å². The minimum atomic E-state index is -0.607. The first-order valence-corrected chi connectivity index (χ1v) is 7.44. The second-order valence-corrected chi connectivity index (χ2v) is 5.32. The lowest BCUT2D eigenvalue weighted by Crippen LogP contribution is -2.19. The van der Waals surface area contributed by atoms with Gasteiger partial charge in [0.2, 0.25) is 0 Å². The van der Waals surface area contributed by atoms with Crippen molar-refractivity contribution < 1.29 is 19.4 Å². The summed E-state index contributed by atoms with van der Waals surface area (Å²) < 4.78 is 4.81. The van der Waals surface area contributed by atoms with Gasteiger partial charge >= 0.3 is 5.97 Å². The smallest absolute Gasteiger partial charge is 0.315 e. The summed E-state index contributed by atoms with van der Waals surface area (Å²) in [5, 5.41) is 9.52. The highest BCUT2D eigenvalue weighted by Gasteiger charge is 2.27. The summed E-state index contributed by atoms with van der Waals surface area (Å²) in [6, 6.07) is 0. The van der Waals surface area contributed by atoms with Gasteiger partial charge in [-0.3, -0.25) is 9.59 Å². The average Bonchev–Trinajstić information content (AvgIpc) is 2.65. The van der Waals surface area contributed by atoms with Gasteiger partial charge in [0.25, 0.3) is 0 Å². The minimum Gasteiger partial charge on any atom is -0.465 e. The Balaban J connectivity index is 1.99. The van der Waals surface area contributed by atoms with E-state index in [1.54, 1.807) is 24.8 Å². The number of unbranched alkanes of at least 4 members (excludes halogenated alkanes) is 1. The highest BCUT2D eigenvalue weighted by molar-refractivity contribution is 7.99. The van der Waals surface area contributed by atoms with Crippen LogP contribution >= 0.6 is 11.8 Å². The first-order chi connectivity index (χ1) is 8.65. The van der Waals surface area contributed by atoms with E-state index in [-0.39, 0.29) is 17.7 Å². The molecule has 0 spiro atoms. The van der Waals surface area contributed by atoms with Gasteiger partial charge < -0.3 is 9.84 Å². The van der Waals surface area contributed by atoms with E-state index >= 15 is 0 Å². The Hall–Kier alpha value is -0.810. The normalized spacial score (nSPS) is 22.4. The molecule has 0 heterocycles. The molecular weight excluding hydrogens is 252 g/mol. The summed E-state index contributed by atoms with van der Waals surface area (Å²) in [6.07, 6.45) is 4.97. The molecule has 2 unspecified atom stereocenters. The summed E-state index contributed by atoms with van der Waals surface area (Å²) in [7, 11) is 0. The fourth-order valence-electron chi connectivity index (χ4n) is 1.86. The highest BCUT2D eigenvalue weighted by Crippen LogP contribution is 2.21. The molecule has 1 aliphatic carbocycles. The highest BCUT2D eigenvalue weighted by atomic mass is 32.2. The second-order valence-electron chi connectivity index (χ2n) is 4.21. The van der Waals surface area contributed by atoms with Gasteiger partial charge in [-0.25, -0.2) is 0 Å². The summed E-state index contributed by atoms with van der Waals surface area (Å²) in [4.78, 5) is 22.4. The molecule has 0 saturated carbocycles. The van der Waals surface area contributed by atoms with Gasteiger partial charge in [0.15, 0.2) is 5.78 Å². The Morgan fingerprint density at radius 1 is 1.50 bits per heavy atom. The first-order valence-electron chi connectivity index (χ1n) is 6.28. The van der Waals surface area contributed by atoms with Crippen molar-refractivity contribution in [3.05, 3.63) is 12.2 Å². The third kappa shape index (κ3) is 5.23. The fraction of sp³-hybridized carbons (Fsp3) is 0.692. The third-order valence-electron chi connectivity index (χ3n) is 2.81. The predicted octanol–water partition coefficient (Wildman–Crippen LogP) is 1.57. The molecule has 0 amide bonds. The van der Waals surface area contributed by atoms with Crippen LogP contribution in [-0.2, 0) is 14.3 Å². The van der Waals surface area contributed by atoms with E-state index in [0.717, 1.165) is 18.6 Å². The Bertz CT molecular complexity index is 314. The van der Waals surface area contributed by atoms with Crippen LogP contribution in [0.4, 0.5) is 0 Å². The van der Waals surface area contributed by atoms with Crippen LogP contribution in [0.1, 0.15) is 26.2 Å². The number of thioether (sulfide) groups is 1. The maximum Gasteiger partial charge on any atom is 0.315 e. The van der Waals surface area contributed by atoms with Gasteiger partial charge in [0.1, 0.15) is 0 Å². The van der Waals surface area contributed by atoms with E-state index in [1.807, 2.05) is 0 Å². The standard InChI is InChI=1S/C13H20O4S/c1-2-17-13(16)9-18-8-4-3-5-10-11(14)6-7-12(10)15/h6-7,10-11,14H,2-5,8-9H2,1H3. The quantitative estimate of drug-likeness (QED) is 0.537. The van der Waals surface area contributed by atoms with E-state index < -0.39 is 6.10 Å². The SMILES string of the molecule is CCOC(=O)CSCCCCC1C(=O)C=CC1O. The zero-order valence-electron chi connectivity index (χ0n) is 10.6. The molecule has 1 rings (SSSR count). The molecule has 0 aromatic carbocycles. The van der Waals surface area contributed by atoms with E-state index in [0.29, 0.717) is 18.8 Å². The summed E-state index contributed by atoms with van der Waals surface area (Å²) in [5.74, 6) is 0.874. The number of ether oxygens (including phenoxy) is 1. The van der Waals surface area contributed by atoms with Gasteiger partial charge in [0, 0.05) is 0 Å². The van der Waals surface area contributed by atoms with Crippen molar-refractivity contribution in [3.8, 4) is 0 Å². The lowest BCUT2D eigenvalue weighted by molar-refractivity contribution is -0.139. The Morgan fingerprint density at radius 2 is 2.28 bits per heavy atom. The van der Waals surface area contributed by atoms with Crippen LogP contribution in [0, 0.1) is 5.92 Å². The number of carbonyl (C=O) groups is 2. The minimum absolute atomic E-state index is 0.0293. The molecule has 4 nitrogen and oxygen atoms in total. The number of aliphatic hydroxyl groups excluding tert-OH is 1. The average molecular weight is 272 g/mol. The maximum atomic E-state index is 11.4. The molecule has 0 aromatic heterocycles. The van der Waals surface area contributed by atoms with Crippen LogP contribution in [0.2, 0.25) is 0 Å². The number of rotatable bonds is 8. The molecule has 2 atom stereocenters.